The largest absolute Gasteiger partial charge is 0.309 e. The summed E-state index contributed by atoms with van der Waals surface area (Å²) < 4.78 is 0.760. The summed E-state index contributed by atoms with van der Waals surface area (Å²) in [4.78, 5) is 19.7. The molecule has 100 valence electrons. The molecule has 1 heterocycles. The van der Waals surface area contributed by atoms with Gasteiger partial charge in [-0.25, -0.2) is 4.98 Å². The maximum absolute atomic E-state index is 12.0. The van der Waals surface area contributed by atoms with Gasteiger partial charge < -0.3 is 4.98 Å². The molecule has 0 spiro atoms. The molecule has 1 aromatic rings. The first-order valence-corrected chi connectivity index (χ1v) is 7.83. The minimum Gasteiger partial charge on any atom is -0.309 e. The summed E-state index contributed by atoms with van der Waals surface area (Å²) in [5.41, 5.74) is 1.01. The molecular weight excluding hydrogens is 339 g/mol. The van der Waals surface area contributed by atoms with E-state index in [1.165, 1.54) is 6.42 Å². The van der Waals surface area contributed by atoms with Crippen LogP contribution in [0.5, 0.6) is 0 Å². The van der Waals surface area contributed by atoms with Crippen molar-refractivity contribution in [3.05, 3.63) is 25.4 Å². The number of aromatic nitrogens is 2. The lowest BCUT2D eigenvalue weighted by Gasteiger charge is -2.12. The van der Waals surface area contributed by atoms with Gasteiger partial charge in [0.05, 0.1) is 9.26 Å². The van der Waals surface area contributed by atoms with Crippen LogP contribution >= 0.6 is 22.6 Å². The van der Waals surface area contributed by atoms with E-state index in [-0.39, 0.29) is 5.56 Å². The van der Waals surface area contributed by atoms with Crippen LogP contribution in [-0.2, 0) is 6.42 Å². The van der Waals surface area contributed by atoms with E-state index in [4.69, 9.17) is 4.98 Å². The van der Waals surface area contributed by atoms with Gasteiger partial charge in [0.25, 0.3) is 5.56 Å². The molecule has 1 aliphatic carbocycles. The molecule has 0 aromatic carbocycles. The number of nitrogens with one attached hydrogen (secondary N) is 1. The molecule has 3 nitrogen and oxygen atoms in total. The Labute approximate surface area is 122 Å². The fourth-order valence-electron chi connectivity index (χ4n) is 2.70. The number of rotatable bonds is 3. The number of nitrogens with zero attached hydrogens (tertiary/aromatic N) is 1. The summed E-state index contributed by atoms with van der Waals surface area (Å²) in [6, 6.07) is 0. The molecule has 1 aromatic heterocycles. The highest BCUT2D eigenvalue weighted by molar-refractivity contribution is 14.1. The van der Waals surface area contributed by atoms with E-state index in [0.29, 0.717) is 11.8 Å². The van der Waals surface area contributed by atoms with Crippen molar-refractivity contribution in [1.29, 1.82) is 0 Å². The highest BCUT2D eigenvalue weighted by Crippen LogP contribution is 2.36. The van der Waals surface area contributed by atoms with Crippen LogP contribution in [0.2, 0.25) is 0 Å². The molecule has 2 rings (SSSR count). The van der Waals surface area contributed by atoms with Gasteiger partial charge in [-0.3, -0.25) is 4.79 Å². The lowest BCUT2D eigenvalue weighted by Crippen LogP contribution is -2.20. The third-order valence-electron chi connectivity index (χ3n) is 3.63. The maximum atomic E-state index is 12.0. The van der Waals surface area contributed by atoms with Crippen molar-refractivity contribution in [1.82, 2.24) is 9.97 Å². The molecule has 1 fully saturated rings. The van der Waals surface area contributed by atoms with Crippen molar-refractivity contribution in [2.75, 3.05) is 0 Å². The average Bonchev–Trinajstić information content (AvgIpc) is 2.70. The van der Waals surface area contributed by atoms with E-state index in [0.717, 1.165) is 40.3 Å². The van der Waals surface area contributed by atoms with Crippen LogP contribution in [0.4, 0.5) is 0 Å². The first-order valence-electron chi connectivity index (χ1n) is 6.76. The number of hydrogen-bond acceptors (Lipinski definition) is 2. The van der Waals surface area contributed by atoms with E-state index >= 15 is 0 Å². The minimum atomic E-state index is 0.0378. The third kappa shape index (κ3) is 3.13. The Hall–Kier alpha value is -0.390. The molecule has 1 N–H and O–H groups in total. The molecule has 1 saturated carbocycles. The predicted molar refractivity (Wildman–Crippen MR) is 81.9 cm³/mol. The van der Waals surface area contributed by atoms with Crippen LogP contribution in [0.3, 0.4) is 0 Å². The normalized spacial score (nSPS) is 23.8. The number of hydrogen-bond donors (Lipinski definition) is 1. The molecule has 18 heavy (non-hydrogen) atoms. The Morgan fingerprint density at radius 3 is 2.72 bits per heavy atom. The topological polar surface area (TPSA) is 45.8 Å². The van der Waals surface area contributed by atoms with Gasteiger partial charge in [-0.15, -0.1) is 0 Å². The fraction of sp³-hybridized carbons (Fsp3) is 0.714. The van der Waals surface area contributed by atoms with E-state index in [1.54, 1.807) is 0 Å². The predicted octanol–water partition coefficient (Wildman–Crippen LogP) is 3.48. The number of halogens is 1. The van der Waals surface area contributed by atoms with E-state index in [9.17, 15) is 4.79 Å². The zero-order chi connectivity index (χ0) is 13.3. The minimum absolute atomic E-state index is 0.0378. The molecule has 2 atom stereocenters. The van der Waals surface area contributed by atoms with Crippen LogP contribution in [0.15, 0.2) is 4.79 Å². The summed E-state index contributed by atoms with van der Waals surface area (Å²) in [5.74, 6) is 2.66. The van der Waals surface area contributed by atoms with Crippen molar-refractivity contribution in [3.63, 3.8) is 0 Å². The lowest BCUT2D eigenvalue weighted by atomic mass is 10.0. The van der Waals surface area contributed by atoms with E-state index < -0.39 is 0 Å². The van der Waals surface area contributed by atoms with Gasteiger partial charge in [0.1, 0.15) is 5.82 Å². The zero-order valence-corrected chi connectivity index (χ0v) is 13.5. The van der Waals surface area contributed by atoms with Gasteiger partial charge in [0, 0.05) is 5.92 Å². The Morgan fingerprint density at radius 1 is 1.44 bits per heavy atom. The summed E-state index contributed by atoms with van der Waals surface area (Å²) in [6.45, 7) is 6.60. The Bertz CT molecular complexity index is 481. The standard InChI is InChI=1S/C14H21IN2O/c1-8(2)6-11-12(15)14(18)17-13(16-11)10-5-4-9(3)7-10/h8-10H,4-7H2,1-3H3,(H,16,17,18). The second kappa shape index (κ2) is 5.72. The third-order valence-corrected chi connectivity index (χ3v) is 4.75. The van der Waals surface area contributed by atoms with Crippen molar-refractivity contribution < 1.29 is 0 Å². The van der Waals surface area contributed by atoms with Crippen molar-refractivity contribution in [2.45, 2.75) is 52.4 Å². The van der Waals surface area contributed by atoms with Crippen LogP contribution < -0.4 is 5.56 Å². The summed E-state index contributed by atoms with van der Waals surface area (Å²) in [5, 5.41) is 0. The SMILES string of the molecule is CC(C)Cc1nc(C2CCC(C)C2)[nH]c(=O)c1I. The van der Waals surface area contributed by atoms with Gasteiger partial charge >= 0.3 is 0 Å². The van der Waals surface area contributed by atoms with Gasteiger partial charge in [0.2, 0.25) is 0 Å². The maximum Gasteiger partial charge on any atom is 0.264 e. The van der Waals surface area contributed by atoms with Gasteiger partial charge in [-0.1, -0.05) is 20.8 Å². The number of H-pyrrole nitrogens is 1. The van der Waals surface area contributed by atoms with Crippen LogP contribution in [0.1, 0.15) is 57.5 Å². The van der Waals surface area contributed by atoms with Crippen molar-refractivity contribution in [3.8, 4) is 0 Å². The highest BCUT2D eigenvalue weighted by Gasteiger charge is 2.25. The molecule has 0 aliphatic heterocycles. The van der Waals surface area contributed by atoms with Crippen LogP contribution in [-0.4, -0.2) is 9.97 Å². The monoisotopic (exact) mass is 360 g/mol. The molecule has 0 radical (unpaired) electrons. The smallest absolute Gasteiger partial charge is 0.264 e. The average molecular weight is 360 g/mol. The van der Waals surface area contributed by atoms with Gasteiger partial charge in [0.15, 0.2) is 0 Å². The van der Waals surface area contributed by atoms with Crippen LogP contribution in [0.25, 0.3) is 0 Å². The lowest BCUT2D eigenvalue weighted by molar-refractivity contribution is 0.575. The summed E-state index contributed by atoms with van der Waals surface area (Å²) in [6.07, 6.45) is 4.45. The second-order valence-corrected chi connectivity index (χ2v) is 7.00. The second-order valence-electron chi connectivity index (χ2n) is 5.92. The first kappa shape index (κ1) is 14.0. The Kier molecular flexibility index (Phi) is 4.45. The molecule has 1 aliphatic rings. The zero-order valence-electron chi connectivity index (χ0n) is 11.3. The Morgan fingerprint density at radius 2 is 2.17 bits per heavy atom. The Balaban J connectivity index is 2.32. The molecule has 4 heteroatoms. The van der Waals surface area contributed by atoms with Crippen molar-refractivity contribution >= 4 is 22.6 Å². The van der Waals surface area contributed by atoms with Crippen molar-refractivity contribution in [2.24, 2.45) is 11.8 Å². The van der Waals surface area contributed by atoms with Gasteiger partial charge in [-0.05, 0) is 60.1 Å². The first-order chi connectivity index (χ1) is 8.47. The van der Waals surface area contributed by atoms with Crippen LogP contribution in [0, 0.1) is 15.4 Å². The molecule has 0 bridgehead atoms. The molecule has 0 saturated heterocycles. The molecular formula is C14H21IN2O. The molecule has 2 unspecified atom stereocenters. The van der Waals surface area contributed by atoms with E-state index in [2.05, 4.69) is 48.3 Å². The number of aromatic amines is 1. The molecule has 0 amide bonds. The fourth-order valence-corrected chi connectivity index (χ4v) is 3.17. The highest BCUT2D eigenvalue weighted by atomic mass is 127. The summed E-state index contributed by atoms with van der Waals surface area (Å²) in [7, 11) is 0. The van der Waals surface area contributed by atoms with E-state index in [1.807, 2.05) is 0 Å². The summed E-state index contributed by atoms with van der Waals surface area (Å²) >= 11 is 2.12. The quantitative estimate of drug-likeness (QED) is 0.839. The van der Waals surface area contributed by atoms with Gasteiger partial charge in [-0.2, -0.15) is 0 Å².